The van der Waals surface area contributed by atoms with Gasteiger partial charge in [0, 0.05) is 41.5 Å². The van der Waals surface area contributed by atoms with Crippen molar-refractivity contribution in [1.82, 2.24) is 25.0 Å². The van der Waals surface area contributed by atoms with Gasteiger partial charge in [0.2, 0.25) is 5.13 Å². The van der Waals surface area contributed by atoms with E-state index >= 15 is 0 Å². The van der Waals surface area contributed by atoms with Crippen molar-refractivity contribution >= 4 is 27.4 Å². The van der Waals surface area contributed by atoms with Gasteiger partial charge >= 0.3 is 0 Å². The standard InChI is InChI=1S/C16H16N6S/c1-10-20-21-16(23-10)19-15(11-7-18-22(2)9-11)13-8-17-14-6-4-3-5-12(13)14/h3-9,15,17H,1-2H3,(H,19,21). The molecule has 3 aromatic heterocycles. The van der Waals surface area contributed by atoms with Crippen molar-refractivity contribution in [2.45, 2.75) is 13.0 Å². The molecule has 0 fully saturated rings. The van der Waals surface area contributed by atoms with Gasteiger partial charge < -0.3 is 10.3 Å². The molecule has 6 nitrogen and oxygen atoms in total. The maximum atomic E-state index is 4.31. The van der Waals surface area contributed by atoms with Crippen molar-refractivity contribution in [3.63, 3.8) is 0 Å². The van der Waals surface area contributed by atoms with Crippen molar-refractivity contribution < 1.29 is 0 Å². The molecule has 0 spiro atoms. The van der Waals surface area contributed by atoms with E-state index in [0.29, 0.717) is 0 Å². The van der Waals surface area contributed by atoms with Gasteiger partial charge in [-0.25, -0.2) is 0 Å². The van der Waals surface area contributed by atoms with Gasteiger partial charge in [0.25, 0.3) is 0 Å². The summed E-state index contributed by atoms with van der Waals surface area (Å²) in [6.07, 6.45) is 5.95. The van der Waals surface area contributed by atoms with Crippen LogP contribution < -0.4 is 5.32 Å². The Balaban J connectivity index is 1.81. The number of aromatic nitrogens is 5. The summed E-state index contributed by atoms with van der Waals surface area (Å²) < 4.78 is 1.81. The Kier molecular flexibility index (Phi) is 3.34. The van der Waals surface area contributed by atoms with Crippen molar-refractivity contribution in [1.29, 1.82) is 0 Å². The molecule has 1 unspecified atom stereocenters. The van der Waals surface area contributed by atoms with Crippen LogP contribution in [0.5, 0.6) is 0 Å². The number of hydrogen-bond acceptors (Lipinski definition) is 5. The molecule has 1 aromatic carbocycles. The Morgan fingerprint density at radius 2 is 2.13 bits per heavy atom. The second-order valence-electron chi connectivity index (χ2n) is 5.44. The summed E-state index contributed by atoms with van der Waals surface area (Å²) >= 11 is 1.55. The number of aromatic amines is 1. The third kappa shape index (κ3) is 2.59. The molecule has 1 atom stereocenters. The highest BCUT2D eigenvalue weighted by molar-refractivity contribution is 7.15. The van der Waals surface area contributed by atoms with Crippen LogP contribution in [0.4, 0.5) is 5.13 Å². The summed E-state index contributed by atoms with van der Waals surface area (Å²) in [6.45, 7) is 1.95. The monoisotopic (exact) mass is 324 g/mol. The average molecular weight is 324 g/mol. The van der Waals surface area contributed by atoms with Gasteiger partial charge in [0.05, 0.1) is 12.2 Å². The molecule has 23 heavy (non-hydrogen) atoms. The van der Waals surface area contributed by atoms with Gasteiger partial charge in [-0.3, -0.25) is 4.68 Å². The summed E-state index contributed by atoms with van der Waals surface area (Å²) in [5.41, 5.74) is 3.37. The minimum atomic E-state index is -0.0350. The number of fused-ring (bicyclic) bond motifs is 1. The second kappa shape index (κ2) is 5.51. The van der Waals surface area contributed by atoms with Crippen LogP contribution in [-0.2, 0) is 7.05 Å². The molecule has 0 bridgehead atoms. The number of hydrogen-bond donors (Lipinski definition) is 2. The first-order chi connectivity index (χ1) is 11.2. The van der Waals surface area contributed by atoms with Crippen molar-refractivity contribution in [3.8, 4) is 0 Å². The summed E-state index contributed by atoms with van der Waals surface area (Å²) in [4.78, 5) is 3.34. The molecular weight excluding hydrogens is 308 g/mol. The fourth-order valence-electron chi connectivity index (χ4n) is 2.74. The summed E-state index contributed by atoms with van der Waals surface area (Å²) in [5, 5.41) is 19.0. The van der Waals surface area contributed by atoms with Crippen LogP contribution in [0.3, 0.4) is 0 Å². The van der Waals surface area contributed by atoms with E-state index in [0.717, 1.165) is 21.2 Å². The Hall–Kier alpha value is -2.67. The Bertz CT molecular complexity index is 950. The number of anilines is 1. The lowest BCUT2D eigenvalue weighted by molar-refractivity contribution is 0.766. The number of rotatable bonds is 4. The topological polar surface area (TPSA) is 71.4 Å². The lowest BCUT2D eigenvalue weighted by Gasteiger charge is -2.16. The van der Waals surface area contributed by atoms with Gasteiger partial charge in [-0.1, -0.05) is 29.5 Å². The van der Waals surface area contributed by atoms with Crippen LogP contribution in [0, 0.1) is 6.92 Å². The molecular formula is C16H16N6S. The van der Waals surface area contributed by atoms with E-state index in [-0.39, 0.29) is 6.04 Å². The zero-order valence-corrected chi connectivity index (χ0v) is 13.6. The van der Waals surface area contributed by atoms with Gasteiger partial charge in [0.15, 0.2) is 0 Å². The SMILES string of the molecule is Cc1nnc(NC(c2cnn(C)c2)c2c[nH]c3ccccc23)s1. The summed E-state index contributed by atoms with van der Waals surface area (Å²) in [6, 6.07) is 8.25. The summed E-state index contributed by atoms with van der Waals surface area (Å²) in [5.74, 6) is 0. The van der Waals surface area contributed by atoms with E-state index in [1.165, 1.54) is 10.9 Å². The molecule has 0 radical (unpaired) electrons. The van der Waals surface area contributed by atoms with Gasteiger partial charge in [-0.15, -0.1) is 10.2 Å². The third-order valence-electron chi connectivity index (χ3n) is 3.78. The molecule has 4 rings (SSSR count). The van der Waals surface area contributed by atoms with Crippen LogP contribution in [-0.4, -0.2) is 25.0 Å². The smallest absolute Gasteiger partial charge is 0.206 e. The first kappa shape index (κ1) is 14.0. The van der Waals surface area contributed by atoms with Crippen LogP contribution >= 0.6 is 11.3 Å². The predicted octanol–water partition coefficient (Wildman–Crippen LogP) is 3.26. The largest absolute Gasteiger partial charge is 0.361 e. The molecule has 116 valence electrons. The van der Waals surface area contributed by atoms with Crippen molar-refractivity contribution in [2.24, 2.45) is 7.05 Å². The normalized spacial score (nSPS) is 12.6. The predicted molar refractivity (Wildman–Crippen MR) is 91.6 cm³/mol. The lowest BCUT2D eigenvalue weighted by Crippen LogP contribution is -2.11. The van der Waals surface area contributed by atoms with E-state index in [2.05, 4.69) is 43.8 Å². The molecule has 7 heteroatoms. The molecule has 0 aliphatic carbocycles. The van der Waals surface area contributed by atoms with Crippen LogP contribution in [0.2, 0.25) is 0 Å². The van der Waals surface area contributed by atoms with E-state index in [4.69, 9.17) is 0 Å². The van der Waals surface area contributed by atoms with E-state index in [1.54, 1.807) is 11.3 Å². The molecule has 0 saturated heterocycles. The maximum absolute atomic E-state index is 4.31. The minimum absolute atomic E-state index is 0.0350. The number of nitrogens with one attached hydrogen (secondary N) is 2. The van der Waals surface area contributed by atoms with Crippen LogP contribution in [0.15, 0.2) is 42.9 Å². The van der Waals surface area contributed by atoms with Crippen LogP contribution in [0.25, 0.3) is 10.9 Å². The molecule has 0 aliphatic rings. The Labute approximate surface area is 137 Å². The number of aryl methyl sites for hydroxylation is 2. The first-order valence-electron chi connectivity index (χ1n) is 7.32. The van der Waals surface area contributed by atoms with E-state index < -0.39 is 0 Å². The Morgan fingerprint density at radius 3 is 2.87 bits per heavy atom. The minimum Gasteiger partial charge on any atom is -0.361 e. The number of nitrogens with zero attached hydrogens (tertiary/aromatic N) is 4. The summed E-state index contributed by atoms with van der Waals surface area (Å²) in [7, 11) is 1.92. The fraction of sp³-hybridized carbons (Fsp3) is 0.188. The van der Waals surface area contributed by atoms with E-state index in [1.807, 2.05) is 43.3 Å². The zero-order chi connectivity index (χ0) is 15.8. The lowest BCUT2D eigenvalue weighted by atomic mass is 10.0. The van der Waals surface area contributed by atoms with Crippen molar-refractivity contribution in [3.05, 3.63) is 59.0 Å². The van der Waals surface area contributed by atoms with Gasteiger partial charge in [0.1, 0.15) is 5.01 Å². The van der Waals surface area contributed by atoms with E-state index in [9.17, 15) is 0 Å². The second-order valence-corrected chi connectivity index (χ2v) is 6.62. The fourth-order valence-corrected chi connectivity index (χ4v) is 3.36. The number of para-hydroxylation sites is 1. The zero-order valence-electron chi connectivity index (χ0n) is 12.8. The van der Waals surface area contributed by atoms with Gasteiger partial charge in [-0.2, -0.15) is 5.10 Å². The van der Waals surface area contributed by atoms with Crippen LogP contribution in [0.1, 0.15) is 22.2 Å². The highest BCUT2D eigenvalue weighted by Gasteiger charge is 2.20. The number of benzene rings is 1. The molecule has 0 aliphatic heterocycles. The average Bonchev–Trinajstić information content (AvgIpc) is 3.25. The molecule has 3 heterocycles. The molecule has 4 aromatic rings. The van der Waals surface area contributed by atoms with Crippen molar-refractivity contribution in [2.75, 3.05) is 5.32 Å². The molecule has 0 amide bonds. The highest BCUT2D eigenvalue weighted by atomic mass is 32.1. The quantitative estimate of drug-likeness (QED) is 0.604. The Morgan fingerprint density at radius 1 is 1.26 bits per heavy atom. The maximum Gasteiger partial charge on any atom is 0.206 e. The molecule has 0 saturated carbocycles. The highest BCUT2D eigenvalue weighted by Crippen LogP contribution is 2.32. The number of H-pyrrole nitrogens is 1. The first-order valence-corrected chi connectivity index (χ1v) is 8.13. The van der Waals surface area contributed by atoms with Gasteiger partial charge in [-0.05, 0) is 13.0 Å². The third-order valence-corrected chi connectivity index (χ3v) is 4.55. The molecule has 2 N–H and O–H groups in total.